The zero-order chi connectivity index (χ0) is 19.8. The Morgan fingerprint density at radius 3 is 2.93 bits per heavy atom. The summed E-state index contributed by atoms with van der Waals surface area (Å²) < 4.78 is 7.05. The van der Waals surface area contributed by atoms with Crippen molar-refractivity contribution >= 4 is 21.6 Å². The van der Waals surface area contributed by atoms with Gasteiger partial charge < -0.3 is 9.64 Å². The van der Waals surface area contributed by atoms with E-state index in [1.807, 2.05) is 24.3 Å². The number of nitrogens with zero attached hydrogens (tertiary/aromatic N) is 3. The molecule has 6 heteroatoms. The van der Waals surface area contributed by atoms with E-state index in [1.165, 1.54) is 42.8 Å². The molecule has 152 valence electrons. The zero-order valence-corrected chi connectivity index (χ0v) is 17.7. The van der Waals surface area contributed by atoms with Gasteiger partial charge in [-0.2, -0.15) is 0 Å². The van der Waals surface area contributed by atoms with Crippen molar-refractivity contribution in [2.45, 2.75) is 51.1 Å². The van der Waals surface area contributed by atoms with Gasteiger partial charge in [0.05, 0.1) is 25.4 Å². The summed E-state index contributed by atoms with van der Waals surface area (Å²) >= 11 is 1.73. The van der Waals surface area contributed by atoms with Gasteiger partial charge in [-0.1, -0.05) is 18.6 Å². The van der Waals surface area contributed by atoms with E-state index in [2.05, 4.69) is 9.88 Å². The summed E-state index contributed by atoms with van der Waals surface area (Å²) in [6, 6.07) is 8.50. The van der Waals surface area contributed by atoms with Gasteiger partial charge in [0.15, 0.2) is 0 Å². The van der Waals surface area contributed by atoms with Crippen molar-refractivity contribution < 1.29 is 4.74 Å². The average Bonchev–Trinajstić information content (AvgIpc) is 3.15. The van der Waals surface area contributed by atoms with Crippen LogP contribution < -0.4 is 10.3 Å². The molecule has 0 spiro atoms. The Bertz CT molecular complexity index is 1080. The van der Waals surface area contributed by atoms with Crippen LogP contribution in [0.5, 0.6) is 5.75 Å². The highest BCUT2D eigenvalue weighted by molar-refractivity contribution is 7.18. The molecule has 5 nitrogen and oxygen atoms in total. The number of fused-ring (bicyclic) bond motifs is 3. The Morgan fingerprint density at radius 1 is 1.24 bits per heavy atom. The molecule has 1 unspecified atom stereocenters. The Labute approximate surface area is 174 Å². The lowest BCUT2D eigenvalue weighted by Gasteiger charge is -2.36. The first-order valence-corrected chi connectivity index (χ1v) is 11.4. The number of hydrogen-bond acceptors (Lipinski definition) is 5. The number of rotatable bonds is 4. The van der Waals surface area contributed by atoms with Crippen LogP contribution in [-0.2, 0) is 19.4 Å². The summed E-state index contributed by atoms with van der Waals surface area (Å²) in [5.41, 5.74) is 2.39. The van der Waals surface area contributed by atoms with Crippen molar-refractivity contribution in [2.75, 3.05) is 20.2 Å². The van der Waals surface area contributed by atoms with Crippen LogP contribution in [0.4, 0.5) is 0 Å². The summed E-state index contributed by atoms with van der Waals surface area (Å²) in [6.07, 6.45) is 8.95. The fourth-order valence-electron chi connectivity index (χ4n) is 4.86. The summed E-state index contributed by atoms with van der Waals surface area (Å²) in [5, 5.41) is 0.854. The third kappa shape index (κ3) is 3.60. The minimum absolute atomic E-state index is 0.0896. The van der Waals surface area contributed by atoms with Gasteiger partial charge in [-0.25, -0.2) is 4.98 Å². The van der Waals surface area contributed by atoms with E-state index >= 15 is 0 Å². The molecule has 1 atom stereocenters. The quantitative estimate of drug-likeness (QED) is 0.657. The van der Waals surface area contributed by atoms with Crippen molar-refractivity contribution in [1.29, 1.82) is 0 Å². The second kappa shape index (κ2) is 7.92. The highest BCUT2D eigenvalue weighted by Gasteiger charge is 2.29. The van der Waals surface area contributed by atoms with Crippen LogP contribution in [0.15, 0.2) is 35.4 Å². The summed E-state index contributed by atoms with van der Waals surface area (Å²) in [4.78, 5) is 22.9. The number of thiophene rings is 1. The maximum absolute atomic E-state index is 13.3. The largest absolute Gasteiger partial charge is 0.497 e. The molecule has 0 radical (unpaired) electrons. The fourth-order valence-corrected chi connectivity index (χ4v) is 6.11. The third-order valence-electron chi connectivity index (χ3n) is 6.40. The number of methoxy groups -OCH3 is 1. The van der Waals surface area contributed by atoms with Crippen molar-refractivity contribution in [1.82, 2.24) is 14.5 Å². The van der Waals surface area contributed by atoms with Crippen molar-refractivity contribution in [2.24, 2.45) is 0 Å². The number of likely N-dealkylation sites (tertiary alicyclic amines) is 1. The van der Waals surface area contributed by atoms with E-state index in [9.17, 15) is 4.79 Å². The van der Waals surface area contributed by atoms with Gasteiger partial charge in [-0.05, 0) is 68.5 Å². The monoisotopic (exact) mass is 409 g/mol. The Kier molecular flexibility index (Phi) is 5.14. The highest BCUT2D eigenvalue weighted by Crippen LogP contribution is 2.35. The Morgan fingerprint density at radius 2 is 2.10 bits per heavy atom. The maximum Gasteiger partial charge on any atom is 0.262 e. The normalized spacial score (nSPS) is 20.0. The Hall–Kier alpha value is -2.18. The van der Waals surface area contributed by atoms with Gasteiger partial charge >= 0.3 is 0 Å². The second-order valence-corrected chi connectivity index (χ2v) is 9.29. The van der Waals surface area contributed by atoms with Crippen LogP contribution >= 0.6 is 11.3 Å². The first-order valence-electron chi connectivity index (χ1n) is 10.6. The molecule has 0 bridgehead atoms. The molecule has 5 rings (SSSR count). The van der Waals surface area contributed by atoms with Crippen LogP contribution in [0.1, 0.15) is 41.7 Å². The molecule has 1 aliphatic carbocycles. The fraction of sp³-hybridized carbons (Fsp3) is 0.478. The minimum Gasteiger partial charge on any atom is -0.497 e. The summed E-state index contributed by atoms with van der Waals surface area (Å²) in [6.45, 7) is 2.98. The van der Waals surface area contributed by atoms with Crippen molar-refractivity contribution in [3.63, 3.8) is 0 Å². The minimum atomic E-state index is 0.0896. The zero-order valence-electron chi connectivity index (χ0n) is 16.9. The first-order chi connectivity index (χ1) is 14.2. The molecule has 2 aromatic heterocycles. The molecule has 3 heterocycles. The molecule has 29 heavy (non-hydrogen) atoms. The van der Waals surface area contributed by atoms with Gasteiger partial charge in [-0.15, -0.1) is 11.3 Å². The molecular formula is C23H27N3O2S. The van der Waals surface area contributed by atoms with Gasteiger partial charge in [-0.3, -0.25) is 9.36 Å². The van der Waals surface area contributed by atoms with Crippen molar-refractivity contribution in [3.05, 3.63) is 57.0 Å². The summed E-state index contributed by atoms with van der Waals surface area (Å²) in [5.74, 6) is 0.807. The molecule has 1 aliphatic heterocycles. The topological polar surface area (TPSA) is 47.4 Å². The number of benzene rings is 1. The van der Waals surface area contributed by atoms with Crippen molar-refractivity contribution in [3.8, 4) is 5.75 Å². The average molecular weight is 410 g/mol. The molecule has 0 N–H and O–H groups in total. The van der Waals surface area contributed by atoms with E-state index in [4.69, 9.17) is 4.74 Å². The van der Waals surface area contributed by atoms with Gasteiger partial charge in [0.2, 0.25) is 0 Å². The van der Waals surface area contributed by atoms with Crippen LogP contribution in [0.25, 0.3) is 10.2 Å². The second-order valence-electron chi connectivity index (χ2n) is 8.21. The van der Waals surface area contributed by atoms with E-state index in [0.29, 0.717) is 12.6 Å². The molecule has 0 saturated carbocycles. The smallest absolute Gasteiger partial charge is 0.262 e. The Balaban J connectivity index is 1.45. The van der Waals surface area contributed by atoms with Gasteiger partial charge in [0.25, 0.3) is 5.56 Å². The predicted molar refractivity (Wildman–Crippen MR) is 117 cm³/mol. The number of aromatic nitrogens is 2. The third-order valence-corrected chi connectivity index (χ3v) is 7.57. The molecule has 1 aromatic carbocycles. The molecule has 2 aliphatic rings. The lowest BCUT2D eigenvalue weighted by molar-refractivity contribution is 0.151. The van der Waals surface area contributed by atoms with E-state index in [1.54, 1.807) is 29.3 Å². The molecular weight excluding hydrogens is 382 g/mol. The van der Waals surface area contributed by atoms with Crippen LogP contribution in [0.3, 0.4) is 0 Å². The number of aryl methyl sites for hydroxylation is 1. The van der Waals surface area contributed by atoms with Crippen LogP contribution in [-0.4, -0.2) is 40.7 Å². The predicted octanol–water partition coefficient (Wildman–Crippen LogP) is 3.86. The number of hydrogen-bond donors (Lipinski definition) is 0. The lowest BCUT2D eigenvalue weighted by atomic mass is 9.91. The SMILES string of the molecule is COc1cccc(Cn2cnc3sc4c(c3c2=O)CCC(N2CCCCC2)C4)c1. The van der Waals surface area contributed by atoms with Crippen LogP contribution in [0.2, 0.25) is 0 Å². The number of piperidine rings is 1. The molecule has 1 fully saturated rings. The summed E-state index contributed by atoms with van der Waals surface area (Å²) in [7, 11) is 1.66. The van der Waals surface area contributed by atoms with Crippen LogP contribution in [0, 0.1) is 0 Å². The number of ether oxygens (including phenoxy) is 1. The highest BCUT2D eigenvalue weighted by atomic mass is 32.1. The standard InChI is InChI=1S/C23H27N3O2S/c1-28-18-7-5-6-16(12-18)14-26-15-24-22-21(23(26)27)19-9-8-17(13-20(19)29-22)25-10-3-2-4-11-25/h5-7,12,15,17H,2-4,8-11,13-14H2,1H3. The molecule has 0 amide bonds. The lowest BCUT2D eigenvalue weighted by Crippen LogP contribution is -2.42. The first kappa shape index (κ1) is 18.8. The molecule has 3 aromatic rings. The molecule has 1 saturated heterocycles. The van der Waals surface area contributed by atoms with E-state index in [0.717, 1.165) is 40.8 Å². The van der Waals surface area contributed by atoms with Gasteiger partial charge in [0, 0.05) is 10.9 Å². The van der Waals surface area contributed by atoms with E-state index in [-0.39, 0.29) is 5.56 Å². The maximum atomic E-state index is 13.3. The van der Waals surface area contributed by atoms with Gasteiger partial charge in [0.1, 0.15) is 10.6 Å². The van der Waals surface area contributed by atoms with E-state index < -0.39 is 0 Å².